The summed E-state index contributed by atoms with van der Waals surface area (Å²) in [4.78, 5) is 23.8. The van der Waals surface area contributed by atoms with Crippen molar-refractivity contribution in [2.75, 3.05) is 0 Å². The monoisotopic (exact) mass is 410 g/mol. The van der Waals surface area contributed by atoms with E-state index < -0.39 is 11.9 Å². The lowest BCUT2D eigenvalue weighted by Crippen LogP contribution is -2.22. The third kappa shape index (κ3) is 3.25. The molecule has 2 aliphatic carbocycles. The van der Waals surface area contributed by atoms with Gasteiger partial charge in [-0.1, -0.05) is 60.2 Å². The number of carbonyl (C=O) groups is 2. The molecule has 0 fully saturated rings. The maximum atomic E-state index is 11.9. The quantitative estimate of drug-likeness (QED) is 0.574. The third-order valence-electron chi connectivity index (χ3n) is 6.57. The minimum absolute atomic E-state index is 0.0665. The molecule has 1 unspecified atom stereocenters. The molecule has 0 aromatic heterocycles. The number of hydrogen-bond acceptors (Lipinski definition) is 2. The van der Waals surface area contributed by atoms with E-state index in [0.29, 0.717) is 12.0 Å². The van der Waals surface area contributed by atoms with Gasteiger partial charge in [0.15, 0.2) is 0 Å². The molecule has 31 heavy (non-hydrogen) atoms. The molecule has 0 amide bonds. The van der Waals surface area contributed by atoms with Gasteiger partial charge < -0.3 is 10.2 Å². The van der Waals surface area contributed by atoms with Gasteiger partial charge in [-0.05, 0) is 76.8 Å². The van der Waals surface area contributed by atoms with E-state index in [0.717, 1.165) is 19.3 Å². The van der Waals surface area contributed by atoms with Crippen LogP contribution in [-0.2, 0) is 12.8 Å². The lowest BCUT2D eigenvalue weighted by atomic mass is 9.71. The van der Waals surface area contributed by atoms with Crippen LogP contribution in [0.3, 0.4) is 0 Å². The molecule has 4 heteroatoms. The van der Waals surface area contributed by atoms with E-state index in [1.54, 1.807) is 0 Å². The zero-order valence-corrected chi connectivity index (χ0v) is 17.0. The smallest absolute Gasteiger partial charge is 0.335 e. The molecule has 4 nitrogen and oxygen atoms in total. The van der Waals surface area contributed by atoms with Crippen LogP contribution in [0.1, 0.15) is 50.2 Å². The molecule has 5 rings (SSSR count). The number of carboxylic acids is 2. The first kappa shape index (κ1) is 19.3. The maximum absolute atomic E-state index is 11.9. The van der Waals surface area contributed by atoms with E-state index in [1.165, 1.54) is 51.2 Å². The van der Waals surface area contributed by atoms with Crippen molar-refractivity contribution in [3.8, 4) is 0 Å². The molecular formula is C27H22O4. The van der Waals surface area contributed by atoms with Crippen molar-refractivity contribution >= 4 is 28.3 Å². The minimum atomic E-state index is -1.09. The number of fused-ring (bicyclic) bond motifs is 4. The van der Waals surface area contributed by atoms with Crippen LogP contribution in [0, 0.1) is 5.92 Å². The predicted molar refractivity (Wildman–Crippen MR) is 121 cm³/mol. The van der Waals surface area contributed by atoms with Crippen molar-refractivity contribution < 1.29 is 19.8 Å². The van der Waals surface area contributed by atoms with Crippen LogP contribution in [0.5, 0.6) is 0 Å². The Labute approximate surface area is 180 Å². The summed E-state index contributed by atoms with van der Waals surface area (Å²) < 4.78 is 0. The van der Waals surface area contributed by atoms with Crippen molar-refractivity contribution in [3.05, 3.63) is 100 Å². The molecule has 0 spiro atoms. The summed E-state index contributed by atoms with van der Waals surface area (Å²) in [6.07, 6.45) is 7.41. The molecule has 0 bridgehead atoms. The van der Waals surface area contributed by atoms with Crippen molar-refractivity contribution in [2.24, 2.45) is 5.92 Å². The van der Waals surface area contributed by atoms with Crippen LogP contribution < -0.4 is 0 Å². The Morgan fingerprint density at radius 3 is 2.39 bits per heavy atom. The Bertz CT molecular complexity index is 1260. The molecule has 2 N–H and O–H groups in total. The predicted octanol–water partition coefficient (Wildman–Crippen LogP) is 5.75. The topological polar surface area (TPSA) is 74.6 Å². The fourth-order valence-electron chi connectivity index (χ4n) is 5.20. The van der Waals surface area contributed by atoms with Crippen molar-refractivity contribution in [2.45, 2.75) is 25.7 Å². The van der Waals surface area contributed by atoms with Gasteiger partial charge >= 0.3 is 11.9 Å². The first-order valence-corrected chi connectivity index (χ1v) is 10.5. The maximum Gasteiger partial charge on any atom is 0.335 e. The highest BCUT2D eigenvalue weighted by molar-refractivity contribution is 5.97. The summed E-state index contributed by atoms with van der Waals surface area (Å²) in [6, 6.07) is 17.2. The largest absolute Gasteiger partial charge is 0.478 e. The second-order valence-corrected chi connectivity index (χ2v) is 8.24. The number of carboxylic acid groups (broad SMARTS) is 2. The summed E-state index contributed by atoms with van der Waals surface area (Å²) in [5.74, 6) is -2.10. The zero-order chi connectivity index (χ0) is 21.5. The summed E-state index contributed by atoms with van der Waals surface area (Å²) in [5.41, 5.74) is 5.60. The second kappa shape index (κ2) is 7.55. The molecule has 0 saturated heterocycles. The average molecular weight is 410 g/mol. The van der Waals surface area contributed by atoms with E-state index in [9.17, 15) is 19.8 Å². The van der Waals surface area contributed by atoms with Gasteiger partial charge in [0.1, 0.15) is 0 Å². The lowest BCUT2D eigenvalue weighted by Gasteiger charge is -2.33. The molecule has 0 saturated carbocycles. The highest BCUT2D eigenvalue weighted by atomic mass is 16.4. The van der Waals surface area contributed by atoms with Crippen molar-refractivity contribution in [1.29, 1.82) is 0 Å². The highest BCUT2D eigenvalue weighted by Gasteiger charge is 2.30. The minimum Gasteiger partial charge on any atom is -0.478 e. The molecule has 154 valence electrons. The van der Waals surface area contributed by atoms with Crippen LogP contribution in [0.2, 0.25) is 0 Å². The fraction of sp³-hybridized carbons (Fsp3) is 0.185. The first-order valence-electron chi connectivity index (χ1n) is 10.5. The number of benzene rings is 3. The number of aromatic carboxylic acids is 2. The summed E-state index contributed by atoms with van der Waals surface area (Å²) in [7, 11) is 0. The molecule has 0 heterocycles. The fourth-order valence-corrected chi connectivity index (χ4v) is 5.20. The van der Waals surface area contributed by atoms with Gasteiger partial charge in [-0.15, -0.1) is 0 Å². The SMILES string of the molecule is O=C(O)c1cccc(C(=O)O)c1CC1Cc2c(ccc3ccccc23)C2=C1CCC=C2. The molecule has 3 aromatic rings. The van der Waals surface area contributed by atoms with E-state index >= 15 is 0 Å². The van der Waals surface area contributed by atoms with Crippen molar-refractivity contribution in [3.63, 3.8) is 0 Å². The Hall–Kier alpha value is -3.66. The van der Waals surface area contributed by atoms with Crippen LogP contribution in [0.25, 0.3) is 16.3 Å². The standard InChI is InChI=1S/C27H22O4/c28-26(29)22-10-5-11-23(27(30)31)25(22)15-17-14-24-18-7-2-1-6-16(18)12-13-21(24)20-9-4-3-8-19(17)20/h1-2,4-7,9-13,17H,3,8,14-15H2,(H,28,29)(H,30,31). The van der Waals surface area contributed by atoms with Crippen LogP contribution in [-0.4, -0.2) is 22.2 Å². The summed E-state index contributed by atoms with van der Waals surface area (Å²) >= 11 is 0. The second-order valence-electron chi connectivity index (χ2n) is 8.24. The lowest BCUT2D eigenvalue weighted by molar-refractivity contribution is 0.0695. The Morgan fingerprint density at radius 2 is 1.65 bits per heavy atom. The number of hydrogen-bond donors (Lipinski definition) is 2. The van der Waals surface area contributed by atoms with E-state index in [1.807, 2.05) is 12.1 Å². The third-order valence-corrected chi connectivity index (χ3v) is 6.57. The molecule has 1 atom stereocenters. The molecule has 0 aliphatic heterocycles. The van der Waals surface area contributed by atoms with E-state index in [-0.39, 0.29) is 17.0 Å². The Balaban J connectivity index is 1.67. The van der Waals surface area contributed by atoms with Gasteiger partial charge in [0.25, 0.3) is 0 Å². The van der Waals surface area contributed by atoms with E-state index in [4.69, 9.17) is 0 Å². The molecule has 3 aromatic carbocycles. The molecular weight excluding hydrogens is 388 g/mol. The zero-order valence-electron chi connectivity index (χ0n) is 17.0. The number of allylic oxidation sites excluding steroid dienone is 4. The normalized spacial score (nSPS) is 17.4. The van der Waals surface area contributed by atoms with Gasteiger partial charge in [0, 0.05) is 0 Å². The van der Waals surface area contributed by atoms with Gasteiger partial charge in [-0.2, -0.15) is 0 Å². The van der Waals surface area contributed by atoms with Crippen LogP contribution >= 0.6 is 0 Å². The van der Waals surface area contributed by atoms with Gasteiger partial charge in [0.05, 0.1) is 11.1 Å². The van der Waals surface area contributed by atoms with Gasteiger partial charge in [-0.3, -0.25) is 0 Å². The Kier molecular flexibility index (Phi) is 4.70. The first-order chi connectivity index (χ1) is 15.0. The molecule has 0 radical (unpaired) electrons. The molecule has 2 aliphatic rings. The van der Waals surface area contributed by atoms with Crippen molar-refractivity contribution in [1.82, 2.24) is 0 Å². The summed E-state index contributed by atoms with van der Waals surface area (Å²) in [5, 5.41) is 21.8. The average Bonchev–Trinajstić information content (AvgIpc) is 2.79. The summed E-state index contributed by atoms with van der Waals surface area (Å²) in [6.45, 7) is 0. The van der Waals surface area contributed by atoms with Crippen LogP contribution in [0.15, 0.2) is 72.3 Å². The van der Waals surface area contributed by atoms with Gasteiger partial charge in [0.2, 0.25) is 0 Å². The number of rotatable bonds is 4. The highest BCUT2D eigenvalue weighted by Crippen LogP contribution is 2.44. The Morgan fingerprint density at radius 1 is 0.903 bits per heavy atom. The van der Waals surface area contributed by atoms with E-state index in [2.05, 4.69) is 36.4 Å². The van der Waals surface area contributed by atoms with Crippen LogP contribution in [0.4, 0.5) is 0 Å². The van der Waals surface area contributed by atoms with Gasteiger partial charge in [-0.25, -0.2) is 9.59 Å².